The number of aryl methyl sites for hydroxylation is 1. The Labute approximate surface area is 142 Å². The van der Waals surface area contributed by atoms with Gasteiger partial charge >= 0.3 is 5.97 Å². The van der Waals surface area contributed by atoms with E-state index in [2.05, 4.69) is 42.6 Å². The number of anilines is 1. The lowest BCUT2D eigenvalue weighted by Gasteiger charge is -2.38. The second-order valence-electron chi connectivity index (χ2n) is 6.64. The van der Waals surface area contributed by atoms with E-state index in [9.17, 15) is 4.79 Å². The number of carboxylic acids is 1. The first-order chi connectivity index (χ1) is 11.7. The van der Waals surface area contributed by atoms with Crippen molar-refractivity contribution >= 4 is 11.7 Å². The van der Waals surface area contributed by atoms with Gasteiger partial charge in [-0.25, -0.2) is 4.79 Å². The van der Waals surface area contributed by atoms with Crippen LogP contribution in [-0.4, -0.2) is 11.1 Å². The molecule has 1 aliphatic carbocycles. The molecule has 2 N–H and O–H groups in total. The van der Waals surface area contributed by atoms with Gasteiger partial charge in [0.25, 0.3) is 0 Å². The maximum atomic E-state index is 11.1. The van der Waals surface area contributed by atoms with E-state index in [1.165, 1.54) is 16.8 Å². The summed E-state index contributed by atoms with van der Waals surface area (Å²) in [5.41, 5.74) is 5.51. The van der Waals surface area contributed by atoms with Gasteiger partial charge < -0.3 is 10.4 Å². The first-order valence-corrected chi connectivity index (χ1v) is 8.57. The smallest absolute Gasteiger partial charge is 0.335 e. The van der Waals surface area contributed by atoms with Gasteiger partial charge in [-0.3, -0.25) is 0 Å². The zero-order valence-electron chi connectivity index (χ0n) is 13.7. The minimum atomic E-state index is -0.878. The van der Waals surface area contributed by atoms with Gasteiger partial charge in [-0.2, -0.15) is 0 Å². The molecule has 24 heavy (non-hydrogen) atoms. The molecule has 0 bridgehead atoms. The van der Waals surface area contributed by atoms with Crippen LogP contribution in [0.2, 0.25) is 0 Å². The summed E-state index contributed by atoms with van der Waals surface area (Å²) in [6.45, 7) is 2.19. The zero-order chi connectivity index (χ0) is 16.7. The van der Waals surface area contributed by atoms with E-state index in [0.717, 1.165) is 18.4 Å². The predicted molar refractivity (Wildman–Crippen MR) is 95.6 cm³/mol. The number of benzene rings is 2. The molecule has 3 atom stereocenters. The summed E-state index contributed by atoms with van der Waals surface area (Å²) in [6.07, 6.45) is 6.67. The van der Waals surface area contributed by atoms with Gasteiger partial charge in [0.1, 0.15) is 0 Å². The Morgan fingerprint density at radius 3 is 2.71 bits per heavy atom. The summed E-state index contributed by atoms with van der Waals surface area (Å²) < 4.78 is 0. The number of carbonyl (C=O) groups is 1. The van der Waals surface area contributed by atoms with Crippen molar-refractivity contribution in [3.8, 4) is 0 Å². The minimum absolute atomic E-state index is 0.216. The van der Waals surface area contributed by atoms with Crippen LogP contribution in [-0.2, 0) is 6.42 Å². The van der Waals surface area contributed by atoms with Gasteiger partial charge in [0.15, 0.2) is 0 Å². The van der Waals surface area contributed by atoms with E-state index in [1.54, 1.807) is 12.1 Å². The third kappa shape index (κ3) is 2.32. The number of fused-ring (bicyclic) bond motifs is 3. The van der Waals surface area contributed by atoms with Crippen LogP contribution >= 0.6 is 0 Å². The summed E-state index contributed by atoms with van der Waals surface area (Å²) in [4.78, 5) is 11.1. The molecule has 0 unspecified atom stereocenters. The molecule has 1 heterocycles. The standard InChI is InChI=1S/C21H21NO2/c1-2-13-5-3-7-17-16-6-4-8-18(16)20(22-19(13)17)14-9-11-15(12-10-14)21(23)24/h3-7,9-12,16,18,20,22H,2,8H2,1H3,(H,23,24)/t16-,18+,20-/m1/s1. The van der Waals surface area contributed by atoms with E-state index in [0.29, 0.717) is 17.4 Å². The molecule has 1 aliphatic heterocycles. The lowest BCUT2D eigenvalue weighted by Crippen LogP contribution is -2.29. The van der Waals surface area contributed by atoms with Gasteiger partial charge in [-0.1, -0.05) is 49.4 Å². The molecule has 3 heteroatoms. The molecular weight excluding hydrogens is 298 g/mol. The highest BCUT2D eigenvalue weighted by molar-refractivity contribution is 5.87. The molecule has 0 saturated heterocycles. The number of hydrogen-bond acceptors (Lipinski definition) is 2. The largest absolute Gasteiger partial charge is 0.478 e. The molecule has 0 amide bonds. The van der Waals surface area contributed by atoms with Crippen molar-refractivity contribution < 1.29 is 9.90 Å². The fourth-order valence-corrected chi connectivity index (χ4v) is 4.14. The molecule has 0 fully saturated rings. The Balaban J connectivity index is 1.76. The van der Waals surface area contributed by atoms with Gasteiger partial charge in [0.2, 0.25) is 0 Å². The zero-order valence-corrected chi connectivity index (χ0v) is 13.7. The Morgan fingerprint density at radius 2 is 2.00 bits per heavy atom. The molecule has 0 spiro atoms. The molecular formula is C21H21NO2. The highest BCUT2D eigenvalue weighted by Gasteiger charge is 2.38. The van der Waals surface area contributed by atoms with Crippen LogP contribution in [0, 0.1) is 5.92 Å². The quantitative estimate of drug-likeness (QED) is 0.801. The Morgan fingerprint density at radius 1 is 1.21 bits per heavy atom. The maximum absolute atomic E-state index is 11.1. The number of rotatable bonds is 3. The van der Waals surface area contributed by atoms with Crippen molar-refractivity contribution in [2.45, 2.75) is 31.7 Å². The third-order valence-electron chi connectivity index (χ3n) is 5.38. The van der Waals surface area contributed by atoms with Gasteiger partial charge in [0, 0.05) is 11.6 Å². The highest BCUT2D eigenvalue weighted by Crippen LogP contribution is 2.50. The average molecular weight is 319 g/mol. The summed E-state index contributed by atoms with van der Waals surface area (Å²) in [5.74, 6) is 0.0503. The van der Waals surface area contributed by atoms with Crippen molar-refractivity contribution in [1.29, 1.82) is 0 Å². The molecule has 0 saturated carbocycles. The van der Waals surface area contributed by atoms with E-state index < -0.39 is 5.97 Å². The second kappa shape index (κ2) is 5.82. The Bertz CT molecular complexity index is 807. The summed E-state index contributed by atoms with van der Waals surface area (Å²) in [6, 6.07) is 14.1. The van der Waals surface area contributed by atoms with E-state index in [-0.39, 0.29) is 6.04 Å². The molecule has 2 aromatic rings. The van der Waals surface area contributed by atoms with Gasteiger partial charge in [0.05, 0.1) is 11.6 Å². The first-order valence-electron chi connectivity index (χ1n) is 8.57. The number of para-hydroxylation sites is 1. The van der Waals surface area contributed by atoms with Crippen LogP contribution in [0.5, 0.6) is 0 Å². The van der Waals surface area contributed by atoms with E-state index in [1.807, 2.05) is 12.1 Å². The summed E-state index contributed by atoms with van der Waals surface area (Å²) >= 11 is 0. The minimum Gasteiger partial charge on any atom is -0.478 e. The molecule has 4 rings (SSSR count). The molecule has 3 nitrogen and oxygen atoms in total. The summed E-state index contributed by atoms with van der Waals surface area (Å²) in [5, 5.41) is 12.9. The first kappa shape index (κ1) is 15.0. The van der Waals surface area contributed by atoms with Gasteiger partial charge in [-0.05, 0) is 47.6 Å². The van der Waals surface area contributed by atoms with Crippen molar-refractivity contribution in [3.63, 3.8) is 0 Å². The lowest BCUT2D eigenvalue weighted by atomic mass is 9.76. The summed E-state index contributed by atoms with van der Waals surface area (Å²) in [7, 11) is 0. The molecule has 0 aromatic heterocycles. The Kier molecular flexibility index (Phi) is 3.64. The topological polar surface area (TPSA) is 49.3 Å². The van der Waals surface area contributed by atoms with Crippen LogP contribution in [0.4, 0.5) is 5.69 Å². The molecule has 2 aliphatic rings. The third-order valence-corrected chi connectivity index (χ3v) is 5.38. The fourth-order valence-electron chi connectivity index (χ4n) is 4.14. The van der Waals surface area contributed by atoms with Gasteiger partial charge in [-0.15, -0.1) is 0 Å². The monoisotopic (exact) mass is 319 g/mol. The van der Waals surface area contributed by atoms with Crippen molar-refractivity contribution in [1.82, 2.24) is 0 Å². The maximum Gasteiger partial charge on any atom is 0.335 e. The number of hydrogen-bond donors (Lipinski definition) is 2. The predicted octanol–water partition coefficient (Wildman–Crippen LogP) is 4.77. The number of allylic oxidation sites excluding steroid dienone is 2. The molecule has 122 valence electrons. The normalized spacial score (nSPS) is 24.1. The second-order valence-corrected chi connectivity index (χ2v) is 6.64. The number of carboxylic acid groups (broad SMARTS) is 1. The fraction of sp³-hybridized carbons (Fsp3) is 0.286. The van der Waals surface area contributed by atoms with Crippen molar-refractivity contribution in [2.75, 3.05) is 5.32 Å². The van der Waals surface area contributed by atoms with Crippen molar-refractivity contribution in [3.05, 3.63) is 76.9 Å². The molecule has 2 aromatic carbocycles. The lowest BCUT2D eigenvalue weighted by molar-refractivity contribution is 0.0697. The van der Waals surface area contributed by atoms with Crippen LogP contribution in [0.15, 0.2) is 54.6 Å². The average Bonchev–Trinajstić information content (AvgIpc) is 3.10. The SMILES string of the molecule is CCc1cccc2c1N[C@H](c1ccc(C(=O)O)cc1)[C@H]1CC=C[C@H]21. The molecule has 0 radical (unpaired) electrons. The van der Waals surface area contributed by atoms with E-state index in [4.69, 9.17) is 5.11 Å². The van der Waals surface area contributed by atoms with Crippen LogP contribution in [0.3, 0.4) is 0 Å². The Hall–Kier alpha value is -2.55. The highest BCUT2D eigenvalue weighted by atomic mass is 16.4. The van der Waals surface area contributed by atoms with Crippen LogP contribution < -0.4 is 5.32 Å². The number of aromatic carboxylic acids is 1. The van der Waals surface area contributed by atoms with Crippen LogP contribution in [0.1, 0.15) is 52.4 Å². The van der Waals surface area contributed by atoms with Crippen LogP contribution in [0.25, 0.3) is 0 Å². The van der Waals surface area contributed by atoms with E-state index >= 15 is 0 Å². The van der Waals surface area contributed by atoms with Crippen molar-refractivity contribution in [2.24, 2.45) is 5.92 Å². The number of nitrogens with one attached hydrogen (secondary N) is 1.